The van der Waals surface area contributed by atoms with Crippen LogP contribution in [-0.4, -0.2) is 25.2 Å². The Labute approximate surface area is 192 Å². The molecule has 0 aliphatic carbocycles. The fourth-order valence-corrected chi connectivity index (χ4v) is 4.72. The molecule has 0 N–H and O–H groups in total. The Bertz CT molecular complexity index is 1410. The maximum atomic E-state index is 13.6. The molecule has 0 amide bonds. The van der Waals surface area contributed by atoms with Crippen molar-refractivity contribution >= 4 is 22.8 Å². The standard InChI is InChI=1S/C26H29N5O2/c1-4-19-10-12-21(13-11-19)30-16-18(2)17-31-22-23(27-25(30)31)28(3)26(33)29(24(22)32)15-14-20-8-6-5-7-9-20/h5-13,18H,4,14-17H2,1-3H3. The largest absolute Gasteiger partial charge is 0.332 e. The number of nitrogens with zero attached hydrogens (tertiary/aromatic N) is 5. The summed E-state index contributed by atoms with van der Waals surface area (Å²) in [4.78, 5) is 33.6. The van der Waals surface area contributed by atoms with Gasteiger partial charge in [0.25, 0.3) is 5.56 Å². The highest BCUT2D eigenvalue weighted by molar-refractivity contribution is 5.77. The van der Waals surface area contributed by atoms with Gasteiger partial charge in [-0.25, -0.2) is 4.79 Å². The number of rotatable bonds is 5. The van der Waals surface area contributed by atoms with E-state index in [0.717, 1.165) is 30.2 Å². The van der Waals surface area contributed by atoms with Crippen LogP contribution in [0.25, 0.3) is 11.2 Å². The summed E-state index contributed by atoms with van der Waals surface area (Å²) >= 11 is 0. The molecule has 7 heteroatoms. The molecule has 2 aromatic heterocycles. The number of imidazole rings is 1. The summed E-state index contributed by atoms with van der Waals surface area (Å²) in [7, 11) is 1.70. The molecule has 170 valence electrons. The second kappa shape index (κ2) is 8.39. The van der Waals surface area contributed by atoms with Gasteiger partial charge in [0.1, 0.15) is 0 Å². The maximum Gasteiger partial charge on any atom is 0.332 e. The Hall–Kier alpha value is -3.61. The van der Waals surface area contributed by atoms with E-state index in [4.69, 9.17) is 4.98 Å². The third kappa shape index (κ3) is 3.67. The van der Waals surface area contributed by atoms with Gasteiger partial charge >= 0.3 is 5.69 Å². The fourth-order valence-electron chi connectivity index (χ4n) is 4.72. The van der Waals surface area contributed by atoms with Gasteiger partial charge in [0, 0.05) is 32.4 Å². The fraction of sp³-hybridized carbons (Fsp3) is 0.346. The van der Waals surface area contributed by atoms with Crippen LogP contribution in [0.3, 0.4) is 0 Å². The summed E-state index contributed by atoms with van der Waals surface area (Å²) in [6, 6.07) is 18.4. The molecule has 1 atom stereocenters. The van der Waals surface area contributed by atoms with Crippen LogP contribution in [0.4, 0.5) is 11.6 Å². The van der Waals surface area contributed by atoms with Gasteiger partial charge in [-0.1, -0.05) is 56.3 Å². The number of hydrogen-bond acceptors (Lipinski definition) is 4. The molecule has 0 fully saturated rings. The van der Waals surface area contributed by atoms with Crippen LogP contribution >= 0.6 is 0 Å². The Morgan fingerprint density at radius 1 is 0.970 bits per heavy atom. The van der Waals surface area contributed by atoms with Gasteiger partial charge in [0.15, 0.2) is 11.2 Å². The average molecular weight is 444 g/mol. The van der Waals surface area contributed by atoms with Crippen molar-refractivity contribution < 1.29 is 0 Å². The second-order valence-electron chi connectivity index (χ2n) is 8.96. The van der Waals surface area contributed by atoms with Gasteiger partial charge in [-0.05, 0) is 42.0 Å². The first-order chi connectivity index (χ1) is 16.0. The molecule has 3 heterocycles. The Morgan fingerprint density at radius 2 is 1.70 bits per heavy atom. The van der Waals surface area contributed by atoms with E-state index in [0.29, 0.717) is 36.6 Å². The summed E-state index contributed by atoms with van der Waals surface area (Å²) in [5, 5.41) is 0. The van der Waals surface area contributed by atoms with E-state index in [1.54, 1.807) is 7.05 Å². The number of aromatic nitrogens is 4. The lowest BCUT2D eigenvalue weighted by atomic mass is 10.1. The summed E-state index contributed by atoms with van der Waals surface area (Å²) in [6.07, 6.45) is 1.61. The van der Waals surface area contributed by atoms with Crippen LogP contribution in [-0.2, 0) is 33.0 Å². The number of fused-ring (bicyclic) bond motifs is 3. The first-order valence-corrected chi connectivity index (χ1v) is 11.6. The van der Waals surface area contributed by atoms with Crippen LogP contribution in [0.1, 0.15) is 25.0 Å². The Morgan fingerprint density at radius 3 is 2.39 bits per heavy atom. The lowest BCUT2D eigenvalue weighted by Gasteiger charge is -2.33. The number of benzene rings is 2. The molecule has 1 unspecified atom stereocenters. The molecule has 1 aliphatic heterocycles. The Kier molecular flexibility index (Phi) is 5.40. The number of hydrogen-bond donors (Lipinski definition) is 0. The van der Waals surface area contributed by atoms with Crippen molar-refractivity contribution in [2.45, 2.75) is 39.8 Å². The molecular weight excluding hydrogens is 414 g/mol. The predicted octanol–water partition coefficient (Wildman–Crippen LogP) is 3.49. The van der Waals surface area contributed by atoms with E-state index in [1.807, 2.05) is 34.9 Å². The number of aryl methyl sites for hydroxylation is 3. The zero-order valence-corrected chi connectivity index (χ0v) is 19.4. The molecule has 1 aliphatic rings. The molecule has 33 heavy (non-hydrogen) atoms. The van der Waals surface area contributed by atoms with Crippen LogP contribution in [0.15, 0.2) is 64.2 Å². The van der Waals surface area contributed by atoms with Crippen molar-refractivity contribution in [2.75, 3.05) is 11.4 Å². The van der Waals surface area contributed by atoms with E-state index >= 15 is 0 Å². The van der Waals surface area contributed by atoms with Crippen LogP contribution in [0, 0.1) is 5.92 Å². The van der Waals surface area contributed by atoms with E-state index < -0.39 is 0 Å². The summed E-state index contributed by atoms with van der Waals surface area (Å²) in [5.41, 5.74) is 3.77. The quantitative estimate of drug-likeness (QED) is 0.474. The van der Waals surface area contributed by atoms with Crippen molar-refractivity contribution in [1.29, 1.82) is 0 Å². The van der Waals surface area contributed by atoms with E-state index in [2.05, 4.69) is 43.0 Å². The topological polar surface area (TPSA) is 65.1 Å². The first-order valence-electron chi connectivity index (χ1n) is 11.6. The molecule has 0 bridgehead atoms. The van der Waals surface area contributed by atoms with E-state index in [9.17, 15) is 9.59 Å². The van der Waals surface area contributed by atoms with Gasteiger partial charge in [-0.15, -0.1) is 0 Å². The number of anilines is 2. The van der Waals surface area contributed by atoms with Crippen LogP contribution in [0.2, 0.25) is 0 Å². The molecule has 7 nitrogen and oxygen atoms in total. The van der Waals surface area contributed by atoms with E-state index in [-0.39, 0.29) is 11.2 Å². The normalized spacial score (nSPS) is 15.7. The summed E-state index contributed by atoms with van der Waals surface area (Å²) < 4.78 is 4.86. The smallest absolute Gasteiger partial charge is 0.312 e. The van der Waals surface area contributed by atoms with Gasteiger partial charge in [-0.3, -0.25) is 13.9 Å². The third-order valence-corrected chi connectivity index (χ3v) is 6.57. The van der Waals surface area contributed by atoms with Crippen molar-refractivity contribution in [3.05, 3.63) is 86.6 Å². The maximum absolute atomic E-state index is 13.6. The third-order valence-electron chi connectivity index (χ3n) is 6.57. The highest BCUT2D eigenvalue weighted by Crippen LogP contribution is 2.32. The molecule has 5 rings (SSSR count). The van der Waals surface area contributed by atoms with Crippen LogP contribution in [0.5, 0.6) is 0 Å². The minimum absolute atomic E-state index is 0.266. The summed E-state index contributed by atoms with van der Waals surface area (Å²) in [5.74, 6) is 1.05. The van der Waals surface area contributed by atoms with Crippen molar-refractivity contribution in [2.24, 2.45) is 13.0 Å². The molecule has 0 saturated carbocycles. The Balaban J connectivity index is 1.63. The van der Waals surface area contributed by atoms with Gasteiger partial charge in [0.05, 0.1) is 0 Å². The lowest BCUT2D eigenvalue weighted by Crippen LogP contribution is -2.40. The molecule has 0 radical (unpaired) electrons. The lowest BCUT2D eigenvalue weighted by molar-refractivity contribution is 0.457. The van der Waals surface area contributed by atoms with Gasteiger partial charge < -0.3 is 9.47 Å². The zero-order chi connectivity index (χ0) is 23.1. The molecule has 4 aromatic rings. The van der Waals surface area contributed by atoms with Crippen molar-refractivity contribution in [3.63, 3.8) is 0 Å². The van der Waals surface area contributed by atoms with Crippen molar-refractivity contribution in [1.82, 2.24) is 18.7 Å². The molecule has 0 saturated heterocycles. The monoisotopic (exact) mass is 443 g/mol. The minimum Gasteiger partial charge on any atom is -0.312 e. The average Bonchev–Trinajstić information content (AvgIpc) is 3.22. The SMILES string of the molecule is CCc1ccc(N2CC(C)Cn3c2nc2c3c(=O)n(CCc3ccccc3)c(=O)n2C)cc1. The highest BCUT2D eigenvalue weighted by atomic mass is 16.2. The highest BCUT2D eigenvalue weighted by Gasteiger charge is 2.29. The second-order valence-corrected chi connectivity index (χ2v) is 8.96. The molecule has 2 aromatic carbocycles. The zero-order valence-electron chi connectivity index (χ0n) is 19.4. The summed E-state index contributed by atoms with van der Waals surface area (Å²) in [6.45, 7) is 6.16. The van der Waals surface area contributed by atoms with Crippen LogP contribution < -0.4 is 16.1 Å². The molecule has 0 spiro atoms. The predicted molar refractivity (Wildman–Crippen MR) is 131 cm³/mol. The van der Waals surface area contributed by atoms with Gasteiger partial charge in [-0.2, -0.15) is 4.98 Å². The van der Waals surface area contributed by atoms with Gasteiger partial charge in [0.2, 0.25) is 5.95 Å². The first kappa shape index (κ1) is 21.2. The molecular formula is C26H29N5O2. The van der Waals surface area contributed by atoms with Crippen molar-refractivity contribution in [3.8, 4) is 0 Å². The minimum atomic E-state index is -0.328. The van der Waals surface area contributed by atoms with E-state index in [1.165, 1.54) is 14.7 Å².